The Morgan fingerprint density at radius 1 is 0.273 bits per heavy atom. The Morgan fingerprint density at radius 3 is 1.45 bits per heavy atom. The fourth-order valence-corrected chi connectivity index (χ4v) is 15.0. The van der Waals surface area contributed by atoms with Gasteiger partial charge in [-0.3, -0.25) is 9.97 Å². The molecule has 1 atom stereocenters. The molecule has 5 heterocycles. The molecule has 0 bridgehead atoms. The van der Waals surface area contributed by atoms with Gasteiger partial charge in [-0.15, -0.1) is 0 Å². The smallest absolute Gasteiger partial charge is 0.0939 e. The molecule has 3 aliphatic carbocycles. The van der Waals surface area contributed by atoms with Crippen LogP contribution in [0.2, 0.25) is 0 Å². The molecule has 356 valence electrons. The van der Waals surface area contributed by atoms with Crippen LogP contribution in [0, 0.1) is 0 Å². The Labute approximate surface area is 443 Å². The molecule has 0 saturated carbocycles. The lowest BCUT2D eigenvalue weighted by Gasteiger charge is -2.45. The van der Waals surface area contributed by atoms with E-state index in [9.17, 15) is 0 Å². The largest absolute Gasteiger partial charge is 0.310 e. The molecule has 2 spiro atoms. The summed E-state index contributed by atoms with van der Waals surface area (Å²) in [6.07, 6.45) is 4.01. The summed E-state index contributed by atoms with van der Waals surface area (Å²) in [4.78, 5) is 13.4. The van der Waals surface area contributed by atoms with E-state index in [1.165, 1.54) is 88.2 Å². The Hall–Kier alpha value is -10.1. The third-order valence-electron chi connectivity index (χ3n) is 17.8. The van der Waals surface area contributed by atoms with Crippen LogP contribution in [-0.4, -0.2) is 19.1 Å². The van der Waals surface area contributed by atoms with Crippen molar-refractivity contribution in [1.29, 1.82) is 0 Å². The highest BCUT2D eigenvalue weighted by Crippen LogP contribution is 2.68. The number of hydrogen-bond acceptors (Lipinski definition) is 3. The minimum Gasteiger partial charge on any atom is -0.310 e. The molecule has 0 radical (unpaired) electrons. The fraction of sp³-hybridized carbons (Fsp3) is 0.0278. The monoisotopic (exact) mass is 977 g/mol. The molecule has 0 fully saturated rings. The summed E-state index contributed by atoms with van der Waals surface area (Å²) in [5, 5.41) is 4.88. The Bertz CT molecular complexity index is 4810. The van der Waals surface area contributed by atoms with E-state index in [1.807, 2.05) is 6.20 Å². The maximum absolute atomic E-state index is 5.58. The van der Waals surface area contributed by atoms with Crippen LogP contribution in [0.4, 0.5) is 17.1 Å². The van der Waals surface area contributed by atoms with Crippen LogP contribution in [0.3, 0.4) is 0 Å². The van der Waals surface area contributed by atoms with E-state index in [-0.39, 0.29) is 0 Å². The fourth-order valence-electron chi connectivity index (χ4n) is 15.0. The number of pyridine rings is 2. The highest BCUT2D eigenvalue weighted by Gasteiger charge is 2.57. The van der Waals surface area contributed by atoms with Crippen molar-refractivity contribution >= 4 is 60.7 Å². The van der Waals surface area contributed by atoms with Gasteiger partial charge in [0.25, 0.3) is 0 Å². The molecule has 77 heavy (non-hydrogen) atoms. The lowest BCUT2D eigenvalue weighted by Crippen LogP contribution is -2.37. The van der Waals surface area contributed by atoms with Gasteiger partial charge in [-0.05, 0) is 140 Å². The van der Waals surface area contributed by atoms with Crippen molar-refractivity contribution in [3.8, 4) is 45.0 Å². The predicted molar refractivity (Wildman–Crippen MR) is 313 cm³/mol. The van der Waals surface area contributed by atoms with Crippen LogP contribution in [0.5, 0.6) is 0 Å². The molecule has 1 unspecified atom stereocenters. The summed E-state index contributed by atoms with van der Waals surface area (Å²) in [5.74, 6) is 0. The molecule has 5 heteroatoms. The van der Waals surface area contributed by atoms with Crippen molar-refractivity contribution in [3.63, 3.8) is 0 Å². The summed E-state index contributed by atoms with van der Waals surface area (Å²) < 4.78 is 4.85. The normalized spacial score (nSPS) is 15.7. The molecule has 4 aromatic heterocycles. The van der Waals surface area contributed by atoms with Gasteiger partial charge in [0.05, 0.1) is 67.5 Å². The summed E-state index contributed by atoms with van der Waals surface area (Å²) in [7, 11) is 0. The highest BCUT2D eigenvalue weighted by molar-refractivity contribution is 6.12. The molecule has 14 aromatic rings. The number of hydrogen-bond donors (Lipinski definition) is 0. The summed E-state index contributed by atoms with van der Waals surface area (Å²) in [6, 6.07) is 92.7. The third-order valence-corrected chi connectivity index (χ3v) is 17.8. The van der Waals surface area contributed by atoms with E-state index < -0.39 is 10.8 Å². The van der Waals surface area contributed by atoms with Crippen molar-refractivity contribution in [3.05, 3.63) is 306 Å². The number of anilines is 3. The topological polar surface area (TPSA) is 38.9 Å². The molecule has 5 nitrogen and oxygen atoms in total. The van der Waals surface area contributed by atoms with Gasteiger partial charge in [-0.25, -0.2) is 0 Å². The number of para-hydroxylation sites is 5. The summed E-state index contributed by atoms with van der Waals surface area (Å²) in [6.45, 7) is 0. The molecule has 18 rings (SSSR count). The van der Waals surface area contributed by atoms with Gasteiger partial charge in [0.2, 0.25) is 0 Å². The van der Waals surface area contributed by atoms with E-state index in [1.54, 1.807) is 0 Å². The van der Waals surface area contributed by atoms with Crippen molar-refractivity contribution < 1.29 is 0 Å². The van der Waals surface area contributed by atoms with Gasteiger partial charge in [-0.2, -0.15) is 0 Å². The average molecular weight is 978 g/mol. The summed E-state index contributed by atoms with van der Waals surface area (Å²) >= 11 is 0. The molecule has 0 N–H and O–H groups in total. The van der Waals surface area contributed by atoms with Crippen LogP contribution in [0.15, 0.2) is 261 Å². The van der Waals surface area contributed by atoms with Crippen molar-refractivity contribution in [2.24, 2.45) is 0 Å². The second-order valence-electron chi connectivity index (χ2n) is 21.2. The molecule has 0 saturated heterocycles. The van der Waals surface area contributed by atoms with E-state index in [4.69, 9.17) is 9.97 Å². The number of aromatic nitrogens is 4. The molecule has 0 amide bonds. The SMILES string of the molecule is c1ccc(N2c3ccccc3C3(c4cc5c(cc42)C2(c4ccccc4-c4ccccc42)c2ccccc2-5)c2cccnc2-c2ncc(-n4c5ccccc5c5cc(-n6c7ccccc7c7ccccc76)ccc54)cc23)cc1. The number of nitrogens with zero attached hydrogens (tertiary/aromatic N) is 5. The van der Waals surface area contributed by atoms with Gasteiger partial charge < -0.3 is 14.0 Å². The first-order valence-corrected chi connectivity index (χ1v) is 26.6. The van der Waals surface area contributed by atoms with Crippen LogP contribution in [0.25, 0.3) is 88.6 Å². The number of fused-ring (bicyclic) bond motifs is 25. The van der Waals surface area contributed by atoms with Crippen LogP contribution < -0.4 is 4.90 Å². The molecular formula is C72H43N5. The van der Waals surface area contributed by atoms with Gasteiger partial charge in [0.1, 0.15) is 0 Å². The first kappa shape index (κ1) is 41.3. The van der Waals surface area contributed by atoms with Gasteiger partial charge >= 0.3 is 0 Å². The zero-order valence-electron chi connectivity index (χ0n) is 41.6. The number of rotatable bonds is 3. The highest BCUT2D eigenvalue weighted by atomic mass is 15.2. The maximum atomic E-state index is 5.58. The van der Waals surface area contributed by atoms with Gasteiger partial charge in [0, 0.05) is 44.7 Å². The van der Waals surface area contributed by atoms with Gasteiger partial charge in [0.15, 0.2) is 0 Å². The third kappa shape index (κ3) is 5.00. The van der Waals surface area contributed by atoms with Crippen molar-refractivity contribution in [1.82, 2.24) is 19.1 Å². The van der Waals surface area contributed by atoms with Crippen LogP contribution in [0.1, 0.15) is 44.5 Å². The minimum absolute atomic E-state index is 0.527. The molecule has 1 aliphatic heterocycles. The summed E-state index contributed by atoms with van der Waals surface area (Å²) in [5.41, 5.74) is 25.7. The van der Waals surface area contributed by atoms with Crippen molar-refractivity contribution in [2.45, 2.75) is 10.8 Å². The first-order chi connectivity index (χ1) is 38.2. The van der Waals surface area contributed by atoms with E-state index in [2.05, 4.69) is 269 Å². The predicted octanol–water partition coefficient (Wildman–Crippen LogP) is 17.2. The molecule has 10 aromatic carbocycles. The molecule has 4 aliphatic rings. The van der Waals surface area contributed by atoms with E-state index >= 15 is 0 Å². The zero-order chi connectivity index (χ0) is 50.1. The van der Waals surface area contributed by atoms with E-state index in [0.29, 0.717) is 0 Å². The average Bonchev–Trinajstić information content (AvgIpc) is 3.40. The Morgan fingerprint density at radius 2 is 0.779 bits per heavy atom. The standard InChI is InChI=1S/C72H43N5/c1-2-19-44(20-3-1)75-67-35-17-13-30-58(67)72(61-41-53-49-23-6-12-29-57(49)71(60(53)42-68(61)75)55-27-10-4-21-47(55)48-22-5-11-28-56(48)71)59-31-18-38-73-69(59)70-62(72)40-46(43-74-70)77-65-34-16-9-26-52(65)54-39-45(36-37-66(54)77)76-63-32-14-7-24-50(63)51-25-8-15-33-64(51)76/h1-43H. The van der Waals surface area contributed by atoms with Crippen molar-refractivity contribution in [2.75, 3.05) is 4.90 Å². The maximum Gasteiger partial charge on any atom is 0.0939 e. The lowest BCUT2D eigenvalue weighted by molar-refractivity contribution is 0.743. The Kier molecular flexibility index (Phi) is 7.94. The molecular weight excluding hydrogens is 935 g/mol. The quantitative estimate of drug-likeness (QED) is 0.177. The second kappa shape index (κ2) is 14.8. The zero-order valence-corrected chi connectivity index (χ0v) is 41.6. The lowest BCUT2D eigenvalue weighted by atomic mass is 9.63. The van der Waals surface area contributed by atoms with Crippen LogP contribution in [-0.2, 0) is 10.8 Å². The minimum atomic E-state index is -0.813. The second-order valence-corrected chi connectivity index (χ2v) is 21.2. The van der Waals surface area contributed by atoms with Gasteiger partial charge in [-0.1, -0.05) is 170 Å². The first-order valence-electron chi connectivity index (χ1n) is 26.6. The number of benzene rings is 10. The van der Waals surface area contributed by atoms with E-state index in [0.717, 1.165) is 62.0 Å². The van der Waals surface area contributed by atoms with Crippen LogP contribution >= 0.6 is 0 Å². The Balaban J connectivity index is 0.934.